The summed E-state index contributed by atoms with van der Waals surface area (Å²) in [6.07, 6.45) is 0.997. The minimum atomic E-state index is -3.28. The molecule has 0 aromatic rings. The van der Waals surface area contributed by atoms with Gasteiger partial charge < -0.3 is 0 Å². The fraction of sp³-hybridized carbons (Fsp3) is 1.00. The molecule has 2 atom stereocenters. The number of primary sulfonamides is 1. The molecule has 0 amide bonds. The fourth-order valence-corrected chi connectivity index (χ4v) is 1.99. The van der Waals surface area contributed by atoms with Gasteiger partial charge in [0.05, 0.1) is 5.75 Å². The molecule has 0 fully saturated rings. The first-order valence-electron chi connectivity index (χ1n) is 3.87. The van der Waals surface area contributed by atoms with Crippen molar-refractivity contribution in [1.82, 2.24) is 0 Å². The maximum absolute atomic E-state index is 10.6. The van der Waals surface area contributed by atoms with Gasteiger partial charge in [0, 0.05) is 0 Å². The third kappa shape index (κ3) is 5.21. The minimum absolute atomic E-state index is 0.0992. The van der Waals surface area contributed by atoms with Gasteiger partial charge in [-0.25, -0.2) is 13.6 Å². The summed E-state index contributed by atoms with van der Waals surface area (Å²) in [4.78, 5) is 0. The van der Waals surface area contributed by atoms with E-state index >= 15 is 0 Å². The summed E-state index contributed by atoms with van der Waals surface area (Å²) in [6.45, 7) is 6.00. The zero-order valence-corrected chi connectivity index (χ0v) is 8.19. The van der Waals surface area contributed by atoms with Crippen molar-refractivity contribution in [2.45, 2.75) is 27.2 Å². The van der Waals surface area contributed by atoms with Crippen LogP contribution in [-0.2, 0) is 10.0 Å². The Morgan fingerprint density at radius 1 is 1.27 bits per heavy atom. The van der Waals surface area contributed by atoms with Crippen molar-refractivity contribution in [1.29, 1.82) is 0 Å². The summed E-state index contributed by atoms with van der Waals surface area (Å²) in [5.74, 6) is 0.686. The minimum Gasteiger partial charge on any atom is -0.229 e. The van der Waals surface area contributed by atoms with Gasteiger partial charge in [0.2, 0.25) is 10.0 Å². The maximum Gasteiger partial charge on any atom is 0.209 e. The van der Waals surface area contributed by atoms with Gasteiger partial charge in [0.25, 0.3) is 0 Å². The fourth-order valence-electron chi connectivity index (χ4n) is 0.933. The van der Waals surface area contributed by atoms with Crippen LogP contribution >= 0.6 is 0 Å². The average Bonchev–Trinajstić information content (AvgIpc) is 1.82. The van der Waals surface area contributed by atoms with Crippen LogP contribution in [0.5, 0.6) is 0 Å². The lowest BCUT2D eigenvalue weighted by Crippen LogP contribution is -2.24. The van der Waals surface area contributed by atoms with Gasteiger partial charge in [0.15, 0.2) is 0 Å². The highest BCUT2D eigenvalue weighted by molar-refractivity contribution is 7.89. The molecule has 0 aromatic heterocycles. The molecule has 0 radical (unpaired) electrons. The Bertz CT molecular complexity index is 198. The Kier molecular flexibility index (Phi) is 4.03. The summed E-state index contributed by atoms with van der Waals surface area (Å²) in [5.41, 5.74) is 0. The molecule has 0 aliphatic carbocycles. The van der Waals surface area contributed by atoms with Crippen molar-refractivity contribution >= 4 is 10.0 Å². The van der Waals surface area contributed by atoms with Crippen molar-refractivity contribution in [3.63, 3.8) is 0 Å². The Labute approximate surface area is 69.0 Å². The molecule has 3 nitrogen and oxygen atoms in total. The van der Waals surface area contributed by atoms with Crippen molar-refractivity contribution in [2.75, 3.05) is 5.75 Å². The molecule has 0 aliphatic heterocycles. The second-order valence-corrected chi connectivity index (χ2v) is 4.85. The van der Waals surface area contributed by atoms with E-state index < -0.39 is 10.0 Å². The third-order valence-electron chi connectivity index (χ3n) is 2.11. The van der Waals surface area contributed by atoms with E-state index in [-0.39, 0.29) is 11.7 Å². The van der Waals surface area contributed by atoms with Crippen LogP contribution in [0.2, 0.25) is 0 Å². The first-order valence-corrected chi connectivity index (χ1v) is 5.58. The molecular weight excluding hydrogens is 162 g/mol. The monoisotopic (exact) mass is 179 g/mol. The number of rotatable bonds is 4. The van der Waals surface area contributed by atoms with Gasteiger partial charge in [-0.1, -0.05) is 27.2 Å². The normalized spacial score (nSPS) is 17.8. The second kappa shape index (κ2) is 4.07. The number of hydrogen-bond acceptors (Lipinski definition) is 2. The molecular formula is C7H17NO2S. The van der Waals surface area contributed by atoms with E-state index in [1.165, 1.54) is 0 Å². The molecule has 2 N–H and O–H groups in total. The Morgan fingerprint density at radius 3 is 2.00 bits per heavy atom. The van der Waals surface area contributed by atoms with Gasteiger partial charge in [-0.15, -0.1) is 0 Å². The first kappa shape index (κ1) is 10.9. The molecule has 0 rings (SSSR count). The highest BCUT2D eigenvalue weighted by Crippen LogP contribution is 2.15. The highest BCUT2D eigenvalue weighted by Gasteiger charge is 2.15. The van der Waals surface area contributed by atoms with Gasteiger partial charge in [-0.2, -0.15) is 0 Å². The molecule has 11 heavy (non-hydrogen) atoms. The summed E-state index contributed by atoms with van der Waals surface area (Å²) < 4.78 is 21.3. The first-order chi connectivity index (χ1) is 4.87. The molecule has 0 saturated carbocycles. The van der Waals surface area contributed by atoms with Gasteiger partial charge in [0.1, 0.15) is 0 Å². The second-order valence-electron chi connectivity index (χ2n) is 3.19. The molecule has 68 valence electrons. The molecule has 4 heteroatoms. The average molecular weight is 179 g/mol. The summed E-state index contributed by atoms with van der Waals surface area (Å²) in [5, 5.41) is 4.90. The summed E-state index contributed by atoms with van der Waals surface area (Å²) >= 11 is 0. The van der Waals surface area contributed by atoms with E-state index in [2.05, 4.69) is 0 Å². The lowest BCUT2D eigenvalue weighted by molar-refractivity contribution is 0.406. The predicted octanol–water partition coefficient (Wildman–Crippen LogP) is 0.957. The molecule has 0 saturated heterocycles. The highest BCUT2D eigenvalue weighted by atomic mass is 32.2. The largest absolute Gasteiger partial charge is 0.229 e. The van der Waals surface area contributed by atoms with Crippen LogP contribution in [0.25, 0.3) is 0 Å². The zero-order valence-electron chi connectivity index (χ0n) is 7.37. The predicted molar refractivity (Wildman–Crippen MR) is 46.6 cm³/mol. The van der Waals surface area contributed by atoms with E-state index in [9.17, 15) is 8.42 Å². The van der Waals surface area contributed by atoms with Gasteiger partial charge >= 0.3 is 0 Å². The van der Waals surface area contributed by atoms with Crippen LogP contribution in [0.4, 0.5) is 0 Å². The van der Waals surface area contributed by atoms with E-state index in [0.717, 1.165) is 6.42 Å². The van der Waals surface area contributed by atoms with E-state index in [4.69, 9.17) is 5.14 Å². The van der Waals surface area contributed by atoms with Crippen LogP contribution in [0, 0.1) is 11.8 Å². The lowest BCUT2D eigenvalue weighted by Gasteiger charge is -2.16. The standard InChI is InChI=1S/C7H17NO2S/c1-4-6(2)7(3)5-11(8,9)10/h6-7H,4-5H2,1-3H3,(H2,8,9,10). The lowest BCUT2D eigenvalue weighted by atomic mass is 9.96. The smallest absolute Gasteiger partial charge is 0.209 e. The Hall–Kier alpha value is -0.0900. The van der Waals surface area contributed by atoms with Crippen LogP contribution in [0.3, 0.4) is 0 Å². The van der Waals surface area contributed by atoms with Crippen molar-refractivity contribution in [3.05, 3.63) is 0 Å². The molecule has 0 bridgehead atoms. The van der Waals surface area contributed by atoms with E-state index in [0.29, 0.717) is 5.92 Å². The maximum atomic E-state index is 10.6. The van der Waals surface area contributed by atoms with Gasteiger partial charge in [-0.3, -0.25) is 0 Å². The zero-order chi connectivity index (χ0) is 9.07. The van der Waals surface area contributed by atoms with Crippen LogP contribution in [-0.4, -0.2) is 14.2 Å². The van der Waals surface area contributed by atoms with E-state index in [1.807, 2.05) is 20.8 Å². The third-order valence-corrected chi connectivity index (χ3v) is 3.10. The number of nitrogens with two attached hydrogens (primary N) is 1. The SMILES string of the molecule is CCC(C)C(C)CS(N)(=O)=O. The Balaban J connectivity index is 3.98. The van der Waals surface area contributed by atoms with Crippen LogP contribution in [0.15, 0.2) is 0 Å². The quantitative estimate of drug-likeness (QED) is 0.698. The van der Waals surface area contributed by atoms with Crippen LogP contribution < -0.4 is 5.14 Å². The van der Waals surface area contributed by atoms with Crippen LogP contribution in [0.1, 0.15) is 27.2 Å². The summed E-state index contributed by atoms with van der Waals surface area (Å²) in [6, 6.07) is 0. The Morgan fingerprint density at radius 2 is 1.73 bits per heavy atom. The molecule has 0 spiro atoms. The van der Waals surface area contributed by atoms with E-state index in [1.54, 1.807) is 0 Å². The molecule has 2 unspecified atom stereocenters. The topological polar surface area (TPSA) is 60.2 Å². The molecule has 0 heterocycles. The number of sulfonamides is 1. The number of hydrogen-bond donors (Lipinski definition) is 1. The molecule has 0 aliphatic rings. The van der Waals surface area contributed by atoms with Gasteiger partial charge in [-0.05, 0) is 11.8 Å². The molecule has 0 aromatic carbocycles. The van der Waals surface area contributed by atoms with Crippen molar-refractivity contribution < 1.29 is 8.42 Å². The van der Waals surface area contributed by atoms with Crippen molar-refractivity contribution in [3.8, 4) is 0 Å². The van der Waals surface area contributed by atoms with Crippen molar-refractivity contribution in [2.24, 2.45) is 17.0 Å². The summed E-state index contributed by atoms with van der Waals surface area (Å²) in [7, 11) is -3.28.